The number of hydrogen-bond acceptors (Lipinski definition) is 1. The minimum absolute atomic E-state index is 1.16. The van der Waals surface area contributed by atoms with Crippen molar-refractivity contribution in [2.45, 2.75) is 9.79 Å². The van der Waals surface area contributed by atoms with Gasteiger partial charge in [0.2, 0.25) is 0 Å². The summed E-state index contributed by atoms with van der Waals surface area (Å²) in [5.74, 6) is 0. The second kappa shape index (κ2) is 13.5. The lowest BCUT2D eigenvalue weighted by Crippen LogP contribution is -1.97. The molecule has 0 amide bonds. The Labute approximate surface area is 357 Å². The maximum Gasteiger partial charge on any atom is 0.0558 e. The first-order valence-corrected chi connectivity index (χ1v) is 21.7. The fraction of sp³-hybridized carbons (Fsp3) is 0. The Balaban J connectivity index is 0.899. The first-order valence-electron chi connectivity index (χ1n) is 20.9. The molecule has 2 nitrogen and oxygen atoms in total. The summed E-state index contributed by atoms with van der Waals surface area (Å²) in [6.45, 7) is 0. The van der Waals surface area contributed by atoms with E-state index in [9.17, 15) is 0 Å². The van der Waals surface area contributed by atoms with Crippen LogP contribution in [0.5, 0.6) is 0 Å². The molecule has 0 saturated carbocycles. The Morgan fingerprint density at radius 2 is 0.770 bits per heavy atom. The highest BCUT2D eigenvalue weighted by Crippen LogP contribution is 2.52. The Hall–Kier alpha value is -7.59. The number of aromatic nitrogens is 2. The monoisotopic (exact) mass is 792 g/mol. The fourth-order valence-electron chi connectivity index (χ4n) is 9.91. The van der Waals surface area contributed by atoms with Crippen molar-refractivity contribution >= 4 is 66.1 Å². The van der Waals surface area contributed by atoms with Gasteiger partial charge < -0.3 is 9.13 Å². The van der Waals surface area contributed by atoms with E-state index < -0.39 is 0 Å². The van der Waals surface area contributed by atoms with Crippen molar-refractivity contribution in [1.82, 2.24) is 9.13 Å². The average molecular weight is 793 g/mol. The van der Waals surface area contributed by atoms with E-state index in [-0.39, 0.29) is 0 Å². The summed E-state index contributed by atoms with van der Waals surface area (Å²) in [7, 11) is 0. The third-order valence-corrected chi connectivity index (χ3v) is 13.8. The Bertz CT molecular complexity index is 3690. The van der Waals surface area contributed by atoms with Crippen molar-refractivity contribution in [2.24, 2.45) is 0 Å². The van der Waals surface area contributed by atoms with Crippen LogP contribution in [-0.2, 0) is 0 Å². The SMILES string of the molecule is c1ccc(-c2ccc(-n3c4ccccc4c4c5cccc6c5c(cc43)Sc3cc(-c4ccc(-n5c7ccccc7c7cc(-c8ccccc8)ccc75)cc4)ccc3-6)cc2)cc1. The molecule has 1 aliphatic rings. The molecular weight excluding hydrogens is 757 g/mol. The number of nitrogens with zero attached hydrogens (tertiary/aromatic N) is 2. The molecule has 10 aromatic carbocycles. The second-order valence-corrected chi connectivity index (χ2v) is 17.2. The molecule has 0 atom stereocenters. The minimum atomic E-state index is 1.16. The van der Waals surface area contributed by atoms with Gasteiger partial charge in [-0.05, 0) is 111 Å². The van der Waals surface area contributed by atoms with Crippen molar-refractivity contribution in [2.75, 3.05) is 0 Å². The molecule has 13 rings (SSSR count). The van der Waals surface area contributed by atoms with Gasteiger partial charge in [-0.15, -0.1) is 0 Å². The van der Waals surface area contributed by atoms with Gasteiger partial charge in [-0.2, -0.15) is 0 Å². The Morgan fingerprint density at radius 1 is 0.262 bits per heavy atom. The van der Waals surface area contributed by atoms with Crippen LogP contribution < -0.4 is 0 Å². The van der Waals surface area contributed by atoms with E-state index in [2.05, 4.69) is 228 Å². The van der Waals surface area contributed by atoms with Crippen molar-refractivity contribution < 1.29 is 0 Å². The van der Waals surface area contributed by atoms with Crippen LogP contribution in [-0.4, -0.2) is 9.13 Å². The van der Waals surface area contributed by atoms with Gasteiger partial charge in [0.1, 0.15) is 0 Å². The molecule has 0 aliphatic carbocycles. The zero-order chi connectivity index (χ0) is 40.0. The maximum absolute atomic E-state index is 2.45. The highest BCUT2D eigenvalue weighted by atomic mass is 32.2. The molecule has 2 aromatic heterocycles. The molecule has 284 valence electrons. The van der Waals surface area contributed by atoms with Gasteiger partial charge in [-0.1, -0.05) is 169 Å². The van der Waals surface area contributed by atoms with Crippen molar-refractivity contribution in [1.29, 1.82) is 0 Å². The predicted molar refractivity (Wildman–Crippen MR) is 258 cm³/mol. The normalized spacial score (nSPS) is 12.2. The van der Waals surface area contributed by atoms with E-state index in [1.54, 1.807) is 0 Å². The van der Waals surface area contributed by atoms with Gasteiger partial charge in [-0.25, -0.2) is 0 Å². The van der Waals surface area contributed by atoms with Crippen molar-refractivity contribution in [3.05, 3.63) is 218 Å². The van der Waals surface area contributed by atoms with E-state index in [0.717, 1.165) is 5.69 Å². The summed E-state index contributed by atoms with van der Waals surface area (Å²) in [4.78, 5) is 2.58. The maximum atomic E-state index is 2.45. The van der Waals surface area contributed by atoms with Crippen molar-refractivity contribution in [3.63, 3.8) is 0 Å². The van der Waals surface area contributed by atoms with E-state index in [1.807, 2.05) is 11.8 Å². The van der Waals surface area contributed by atoms with Gasteiger partial charge >= 0.3 is 0 Å². The smallest absolute Gasteiger partial charge is 0.0558 e. The Morgan fingerprint density at radius 3 is 1.49 bits per heavy atom. The molecule has 0 radical (unpaired) electrons. The highest BCUT2D eigenvalue weighted by Gasteiger charge is 2.24. The van der Waals surface area contributed by atoms with Crippen LogP contribution in [0, 0.1) is 0 Å². The van der Waals surface area contributed by atoms with Crippen LogP contribution in [0.15, 0.2) is 228 Å². The summed E-state index contributed by atoms with van der Waals surface area (Å²) in [5.41, 5.74) is 17.1. The fourth-order valence-corrected chi connectivity index (χ4v) is 11.1. The van der Waals surface area contributed by atoms with Crippen LogP contribution in [0.25, 0.3) is 110 Å². The first kappa shape index (κ1) is 34.3. The number of hydrogen-bond donors (Lipinski definition) is 0. The van der Waals surface area contributed by atoms with Gasteiger partial charge in [0, 0.05) is 48.1 Å². The van der Waals surface area contributed by atoms with E-state index in [4.69, 9.17) is 0 Å². The molecule has 0 bridgehead atoms. The molecule has 0 spiro atoms. The molecule has 12 aromatic rings. The third-order valence-electron chi connectivity index (χ3n) is 12.7. The number of benzene rings is 10. The molecule has 0 saturated heterocycles. The number of para-hydroxylation sites is 2. The summed E-state index contributed by atoms with van der Waals surface area (Å²) in [6, 6.07) is 80.3. The topological polar surface area (TPSA) is 9.86 Å². The van der Waals surface area contributed by atoms with Crippen LogP contribution in [0.3, 0.4) is 0 Å². The molecular formula is C58H36N2S. The van der Waals surface area contributed by atoms with Crippen molar-refractivity contribution in [3.8, 4) is 55.9 Å². The largest absolute Gasteiger partial charge is 0.309 e. The molecule has 3 heterocycles. The molecule has 0 fully saturated rings. The third kappa shape index (κ3) is 5.31. The van der Waals surface area contributed by atoms with E-state index in [0.29, 0.717) is 0 Å². The molecule has 1 aliphatic heterocycles. The molecule has 0 unspecified atom stereocenters. The predicted octanol–water partition coefficient (Wildman–Crippen LogP) is 16.2. The summed E-state index contributed by atoms with van der Waals surface area (Å²) in [5, 5.41) is 7.76. The summed E-state index contributed by atoms with van der Waals surface area (Å²) in [6.07, 6.45) is 0. The van der Waals surface area contributed by atoms with E-state index >= 15 is 0 Å². The lowest BCUT2D eigenvalue weighted by Gasteiger charge is -2.22. The minimum Gasteiger partial charge on any atom is -0.309 e. The van der Waals surface area contributed by atoms with Crippen LogP contribution in [0.1, 0.15) is 0 Å². The standard InChI is InChI=1S/C58H36N2S/c1-3-12-37(13-4-1)39-22-28-44(29-23-39)60-52-21-10-8-17-48(52)57-49-19-11-18-47-46-32-26-42(35-55(46)61-56(58(47)49)36-54(57)60)40-24-30-43(31-25-40)59-51-20-9-7-16-45(51)50-34-41(27-33-53(50)59)38-14-5-2-6-15-38/h1-36H. The van der Waals surface area contributed by atoms with E-state index in [1.165, 1.54) is 114 Å². The van der Waals surface area contributed by atoms with Gasteiger partial charge in [0.25, 0.3) is 0 Å². The lowest BCUT2D eigenvalue weighted by atomic mass is 9.93. The summed E-state index contributed by atoms with van der Waals surface area (Å²) < 4.78 is 4.86. The second-order valence-electron chi connectivity index (χ2n) is 16.1. The van der Waals surface area contributed by atoms with Crippen LogP contribution in [0.4, 0.5) is 0 Å². The lowest BCUT2D eigenvalue weighted by molar-refractivity contribution is 1.18. The highest BCUT2D eigenvalue weighted by molar-refractivity contribution is 7.99. The molecule has 61 heavy (non-hydrogen) atoms. The van der Waals surface area contributed by atoms with Crippen LogP contribution in [0.2, 0.25) is 0 Å². The number of fused-ring (bicyclic) bond motifs is 9. The van der Waals surface area contributed by atoms with Gasteiger partial charge in [0.15, 0.2) is 0 Å². The Kier molecular flexibility index (Phi) is 7.57. The number of rotatable bonds is 5. The quantitative estimate of drug-likeness (QED) is 0.169. The van der Waals surface area contributed by atoms with Gasteiger partial charge in [-0.3, -0.25) is 0 Å². The zero-order valence-corrected chi connectivity index (χ0v) is 33.9. The van der Waals surface area contributed by atoms with Crippen LogP contribution >= 0.6 is 11.8 Å². The molecule has 3 heteroatoms. The summed E-state index contributed by atoms with van der Waals surface area (Å²) >= 11 is 1.90. The first-order chi connectivity index (χ1) is 30.2. The molecule has 0 N–H and O–H groups in total. The average Bonchev–Trinajstić information content (AvgIpc) is 3.84. The van der Waals surface area contributed by atoms with Gasteiger partial charge in [0.05, 0.1) is 22.1 Å². The zero-order valence-electron chi connectivity index (χ0n) is 33.1.